The van der Waals surface area contributed by atoms with E-state index in [0.29, 0.717) is 11.5 Å². The number of halogens is 2. The molecule has 0 N–H and O–H groups in total. The summed E-state index contributed by atoms with van der Waals surface area (Å²) in [5, 5.41) is 0. The summed E-state index contributed by atoms with van der Waals surface area (Å²) in [6.45, 7) is 7.70. The third kappa shape index (κ3) is 3.62. The molecule has 2 saturated heterocycles. The zero-order valence-corrected chi connectivity index (χ0v) is 16.5. The van der Waals surface area contributed by atoms with Gasteiger partial charge in [0, 0.05) is 43.7 Å². The van der Waals surface area contributed by atoms with E-state index in [0.717, 1.165) is 52.4 Å². The molecule has 2 heterocycles. The van der Waals surface area contributed by atoms with Crippen LogP contribution in [0.25, 0.3) is 0 Å². The first-order chi connectivity index (χ1) is 13.3. The van der Waals surface area contributed by atoms with Gasteiger partial charge < -0.3 is 14.4 Å². The summed E-state index contributed by atoms with van der Waals surface area (Å²) in [5.74, 6) is 0.515. The molecule has 0 bridgehead atoms. The Morgan fingerprint density at radius 3 is 2.54 bits per heavy atom. The van der Waals surface area contributed by atoms with Gasteiger partial charge in [0.05, 0.1) is 13.2 Å². The molecule has 0 aromatic heterocycles. The van der Waals surface area contributed by atoms with Gasteiger partial charge in [-0.3, -0.25) is 9.69 Å². The number of carbonyl (C=O) groups excluding carboxylic acids is 1. The SMILES string of the molecule is CC1(C)C[C@]2(CN3CCOCC3)CN(C(=O)c3ccc(OC(F)F)cc3)C[C@H]12. The zero-order valence-electron chi connectivity index (χ0n) is 16.5. The Bertz CT molecular complexity index is 719. The molecule has 5 nitrogen and oxygen atoms in total. The van der Waals surface area contributed by atoms with Crippen LogP contribution in [0.1, 0.15) is 30.6 Å². The molecule has 1 saturated carbocycles. The second-order valence-electron chi connectivity index (χ2n) is 9.06. The van der Waals surface area contributed by atoms with Gasteiger partial charge in [-0.05, 0) is 42.0 Å². The molecule has 7 heteroatoms. The molecule has 4 rings (SSSR count). The smallest absolute Gasteiger partial charge is 0.387 e. The fourth-order valence-electron chi connectivity index (χ4n) is 5.66. The summed E-state index contributed by atoms with van der Waals surface area (Å²) in [6, 6.07) is 6.00. The van der Waals surface area contributed by atoms with Gasteiger partial charge in [0.15, 0.2) is 0 Å². The molecule has 0 spiro atoms. The van der Waals surface area contributed by atoms with Gasteiger partial charge in [-0.15, -0.1) is 0 Å². The predicted molar refractivity (Wildman–Crippen MR) is 101 cm³/mol. The molecule has 0 unspecified atom stereocenters. The predicted octanol–water partition coefficient (Wildman–Crippen LogP) is 3.11. The first-order valence-corrected chi connectivity index (χ1v) is 9.93. The number of alkyl halides is 2. The molecular formula is C21H28F2N2O3. The van der Waals surface area contributed by atoms with Crippen LogP contribution in [-0.4, -0.2) is 68.3 Å². The van der Waals surface area contributed by atoms with Crippen LogP contribution in [0.2, 0.25) is 0 Å². The number of morpholine rings is 1. The van der Waals surface area contributed by atoms with Crippen LogP contribution in [0.15, 0.2) is 24.3 Å². The molecular weight excluding hydrogens is 366 g/mol. The van der Waals surface area contributed by atoms with E-state index in [9.17, 15) is 13.6 Å². The van der Waals surface area contributed by atoms with Gasteiger partial charge in [-0.1, -0.05) is 13.8 Å². The topological polar surface area (TPSA) is 42.0 Å². The minimum atomic E-state index is -2.86. The van der Waals surface area contributed by atoms with Gasteiger partial charge in [0.2, 0.25) is 0 Å². The van der Waals surface area contributed by atoms with E-state index in [4.69, 9.17) is 4.74 Å². The molecule has 154 valence electrons. The number of nitrogens with zero attached hydrogens (tertiary/aromatic N) is 2. The highest BCUT2D eigenvalue weighted by atomic mass is 19.3. The molecule has 3 aliphatic rings. The second kappa shape index (κ2) is 7.26. The van der Waals surface area contributed by atoms with Crippen molar-refractivity contribution >= 4 is 5.91 Å². The number of rotatable bonds is 5. The van der Waals surface area contributed by atoms with Crippen molar-refractivity contribution in [3.05, 3.63) is 29.8 Å². The molecule has 1 aliphatic carbocycles. The Morgan fingerprint density at radius 2 is 1.93 bits per heavy atom. The van der Waals surface area contributed by atoms with Gasteiger partial charge in [0.25, 0.3) is 5.91 Å². The minimum Gasteiger partial charge on any atom is -0.435 e. The van der Waals surface area contributed by atoms with Crippen LogP contribution in [-0.2, 0) is 4.74 Å². The van der Waals surface area contributed by atoms with Crippen LogP contribution in [0.5, 0.6) is 5.75 Å². The number of ether oxygens (including phenoxy) is 2. The number of benzene rings is 1. The van der Waals surface area contributed by atoms with Crippen LogP contribution < -0.4 is 4.74 Å². The quantitative estimate of drug-likeness (QED) is 0.770. The lowest BCUT2D eigenvalue weighted by atomic mass is 9.48. The minimum absolute atomic E-state index is 0.0323. The first kappa shape index (κ1) is 19.6. The van der Waals surface area contributed by atoms with Crippen molar-refractivity contribution in [1.29, 1.82) is 0 Å². The highest BCUT2D eigenvalue weighted by Crippen LogP contribution is 2.63. The maximum Gasteiger partial charge on any atom is 0.387 e. The summed E-state index contributed by atoms with van der Waals surface area (Å²) >= 11 is 0. The average molecular weight is 394 g/mol. The third-order valence-corrected chi connectivity index (χ3v) is 6.65. The summed E-state index contributed by atoms with van der Waals surface area (Å²) in [4.78, 5) is 17.5. The normalized spacial score (nSPS) is 29.5. The van der Waals surface area contributed by atoms with E-state index >= 15 is 0 Å². The lowest BCUT2D eigenvalue weighted by Gasteiger charge is -2.58. The van der Waals surface area contributed by atoms with Gasteiger partial charge >= 0.3 is 6.61 Å². The van der Waals surface area contributed by atoms with E-state index in [1.54, 1.807) is 12.1 Å². The Labute approximate surface area is 164 Å². The van der Waals surface area contributed by atoms with E-state index < -0.39 is 6.61 Å². The fourth-order valence-corrected chi connectivity index (χ4v) is 5.66. The highest BCUT2D eigenvalue weighted by molar-refractivity contribution is 5.94. The van der Waals surface area contributed by atoms with E-state index in [1.165, 1.54) is 12.1 Å². The highest BCUT2D eigenvalue weighted by Gasteiger charge is 2.63. The number of carbonyl (C=O) groups is 1. The van der Waals surface area contributed by atoms with Gasteiger partial charge in [-0.2, -0.15) is 8.78 Å². The van der Waals surface area contributed by atoms with Crippen LogP contribution >= 0.6 is 0 Å². The first-order valence-electron chi connectivity index (χ1n) is 9.93. The number of likely N-dealkylation sites (tertiary alicyclic amines) is 1. The van der Waals surface area contributed by atoms with Crippen molar-refractivity contribution in [3.63, 3.8) is 0 Å². The van der Waals surface area contributed by atoms with Crippen molar-refractivity contribution in [3.8, 4) is 5.75 Å². The van der Waals surface area contributed by atoms with Crippen molar-refractivity contribution in [2.24, 2.45) is 16.7 Å². The lowest BCUT2D eigenvalue weighted by molar-refractivity contribution is -0.0966. The summed E-state index contributed by atoms with van der Waals surface area (Å²) in [7, 11) is 0. The van der Waals surface area contributed by atoms with Crippen LogP contribution in [0, 0.1) is 16.7 Å². The van der Waals surface area contributed by atoms with Gasteiger partial charge in [-0.25, -0.2) is 0 Å². The fraction of sp³-hybridized carbons (Fsp3) is 0.667. The number of hydrogen-bond donors (Lipinski definition) is 0. The maximum absolute atomic E-state index is 13.0. The summed E-state index contributed by atoms with van der Waals surface area (Å²) < 4.78 is 34.5. The standard InChI is InChI=1S/C21H28F2N2O3/c1-20(2)12-21(13-24-7-9-27-10-8-24)14-25(11-17(20)21)18(26)15-3-5-16(6-4-15)28-19(22)23/h3-6,17,19H,7-14H2,1-2H3/t17-,21+/m1/s1. The Balaban J connectivity index is 1.46. The molecule has 28 heavy (non-hydrogen) atoms. The van der Waals surface area contributed by atoms with Crippen molar-refractivity contribution in [2.45, 2.75) is 26.9 Å². The van der Waals surface area contributed by atoms with Gasteiger partial charge in [0.1, 0.15) is 5.75 Å². The molecule has 2 atom stereocenters. The van der Waals surface area contributed by atoms with E-state index in [1.807, 2.05) is 4.90 Å². The van der Waals surface area contributed by atoms with E-state index in [2.05, 4.69) is 23.5 Å². The van der Waals surface area contributed by atoms with Crippen molar-refractivity contribution in [2.75, 3.05) is 45.9 Å². The van der Waals surface area contributed by atoms with E-state index in [-0.39, 0.29) is 22.5 Å². The largest absolute Gasteiger partial charge is 0.435 e. The Hall–Kier alpha value is -1.73. The number of hydrogen-bond acceptors (Lipinski definition) is 4. The van der Waals surface area contributed by atoms with Crippen LogP contribution in [0.4, 0.5) is 8.78 Å². The molecule has 1 amide bonds. The third-order valence-electron chi connectivity index (χ3n) is 6.65. The molecule has 2 aliphatic heterocycles. The monoisotopic (exact) mass is 394 g/mol. The summed E-state index contributed by atoms with van der Waals surface area (Å²) in [5.41, 5.74) is 0.896. The lowest BCUT2D eigenvalue weighted by Crippen LogP contribution is -2.59. The van der Waals surface area contributed by atoms with Crippen molar-refractivity contribution < 1.29 is 23.0 Å². The molecule has 0 radical (unpaired) electrons. The number of fused-ring (bicyclic) bond motifs is 1. The van der Waals surface area contributed by atoms with Crippen molar-refractivity contribution in [1.82, 2.24) is 9.80 Å². The molecule has 1 aromatic rings. The Morgan fingerprint density at radius 1 is 1.25 bits per heavy atom. The van der Waals surface area contributed by atoms with Crippen LogP contribution in [0.3, 0.4) is 0 Å². The average Bonchev–Trinajstić information content (AvgIpc) is 2.96. The zero-order chi connectivity index (χ0) is 19.9. The molecule has 1 aromatic carbocycles. The summed E-state index contributed by atoms with van der Waals surface area (Å²) in [6.07, 6.45) is 1.12. The molecule has 3 fully saturated rings. The maximum atomic E-state index is 13.0. The Kier molecular flexibility index (Phi) is 5.08. The second-order valence-corrected chi connectivity index (χ2v) is 9.06. The number of amides is 1.